The van der Waals surface area contributed by atoms with Crippen molar-refractivity contribution in [2.45, 2.75) is 26.5 Å². The highest BCUT2D eigenvalue weighted by molar-refractivity contribution is 5.96. The molecule has 2 aromatic carbocycles. The molecule has 0 amide bonds. The Bertz CT molecular complexity index is 872. The largest absolute Gasteiger partial charge is 0.489 e. The van der Waals surface area contributed by atoms with Crippen molar-refractivity contribution in [3.63, 3.8) is 0 Å². The molecule has 3 rings (SSSR count). The molecular weight excluding hydrogens is 328 g/mol. The maximum absolute atomic E-state index is 12.3. The van der Waals surface area contributed by atoms with Crippen LogP contribution >= 0.6 is 0 Å². The highest BCUT2D eigenvalue weighted by atomic mass is 16.5. The van der Waals surface area contributed by atoms with Crippen LogP contribution in [0.4, 0.5) is 0 Å². The summed E-state index contributed by atoms with van der Waals surface area (Å²) in [5, 5.41) is 0.954. The van der Waals surface area contributed by atoms with Gasteiger partial charge in [0.2, 0.25) is 0 Å². The number of rotatable bonds is 8. The highest BCUT2D eigenvalue weighted by Crippen LogP contribution is 2.26. The molecule has 26 heavy (non-hydrogen) atoms. The predicted molar refractivity (Wildman–Crippen MR) is 102 cm³/mol. The first-order valence-electron chi connectivity index (χ1n) is 8.90. The second kappa shape index (κ2) is 8.54. The number of aromatic nitrogens is 1. The fourth-order valence-corrected chi connectivity index (χ4v) is 2.94. The van der Waals surface area contributed by atoms with Crippen LogP contribution < -0.4 is 10.5 Å². The number of nitrogens with two attached hydrogens (primary N) is 1. The number of ether oxygens (including phenoxy) is 2. The van der Waals surface area contributed by atoms with E-state index in [4.69, 9.17) is 15.2 Å². The van der Waals surface area contributed by atoms with Gasteiger partial charge in [-0.05, 0) is 49.7 Å². The monoisotopic (exact) mass is 352 g/mol. The molecular formula is C21H24N2O3. The molecule has 0 radical (unpaired) electrons. The maximum Gasteiger partial charge on any atom is 0.354 e. The van der Waals surface area contributed by atoms with Crippen LogP contribution in [0.15, 0.2) is 54.6 Å². The zero-order chi connectivity index (χ0) is 18.4. The van der Waals surface area contributed by atoms with Gasteiger partial charge in [-0.2, -0.15) is 0 Å². The Morgan fingerprint density at radius 3 is 2.65 bits per heavy atom. The van der Waals surface area contributed by atoms with E-state index in [0.717, 1.165) is 28.6 Å². The Morgan fingerprint density at radius 1 is 1.12 bits per heavy atom. The molecule has 0 aliphatic heterocycles. The minimum Gasteiger partial charge on any atom is -0.489 e. The average Bonchev–Trinajstić information content (AvgIpc) is 3.03. The Hall–Kier alpha value is -2.79. The van der Waals surface area contributed by atoms with Gasteiger partial charge in [0.05, 0.1) is 6.61 Å². The number of benzene rings is 2. The summed E-state index contributed by atoms with van der Waals surface area (Å²) in [7, 11) is 0. The van der Waals surface area contributed by atoms with Crippen molar-refractivity contribution >= 4 is 16.9 Å². The van der Waals surface area contributed by atoms with E-state index in [-0.39, 0.29) is 5.97 Å². The number of esters is 1. The smallest absolute Gasteiger partial charge is 0.354 e. The van der Waals surface area contributed by atoms with E-state index in [0.29, 0.717) is 32.0 Å². The molecule has 2 N–H and O–H groups in total. The molecule has 136 valence electrons. The third kappa shape index (κ3) is 4.06. The van der Waals surface area contributed by atoms with Gasteiger partial charge in [0.1, 0.15) is 18.1 Å². The van der Waals surface area contributed by atoms with E-state index in [9.17, 15) is 4.79 Å². The first kappa shape index (κ1) is 18.0. The molecule has 0 fully saturated rings. The van der Waals surface area contributed by atoms with Gasteiger partial charge in [-0.15, -0.1) is 0 Å². The van der Waals surface area contributed by atoms with E-state index in [1.807, 2.05) is 59.2 Å². The van der Waals surface area contributed by atoms with E-state index in [1.165, 1.54) is 0 Å². The maximum atomic E-state index is 12.3. The van der Waals surface area contributed by atoms with Crippen LogP contribution in [-0.4, -0.2) is 23.7 Å². The van der Waals surface area contributed by atoms with Crippen LogP contribution in [0.1, 0.15) is 29.4 Å². The van der Waals surface area contributed by atoms with Gasteiger partial charge in [0.15, 0.2) is 0 Å². The van der Waals surface area contributed by atoms with Crippen LogP contribution in [0.5, 0.6) is 5.75 Å². The van der Waals surface area contributed by atoms with E-state index >= 15 is 0 Å². The molecule has 1 aromatic heterocycles. The molecule has 1 heterocycles. The summed E-state index contributed by atoms with van der Waals surface area (Å²) in [5.74, 6) is 0.459. The predicted octanol–water partition coefficient (Wildman–Crippen LogP) is 3.75. The normalized spacial score (nSPS) is 10.8. The zero-order valence-corrected chi connectivity index (χ0v) is 15.0. The second-order valence-electron chi connectivity index (χ2n) is 6.04. The molecule has 0 spiro atoms. The van der Waals surface area contributed by atoms with Crippen molar-refractivity contribution in [3.05, 3.63) is 65.9 Å². The quantitative estimate of drug-likeness (QED) is 0.627. The van der Waals surface area contributed by atoms with Gasteiger partial charge in [-0.25, -0.2) is 4.79 Å². The lowest BCUT2D eigenvalue weighted by Crippen LogP contribution is -2.14. The number of nitrogens with zero attached hydrogens (tertiary/aromatic N) is 1. The van der Waals surface area contributed by atoms with Crippen LogP contribution in [0.3, 0.4) is 0 Å². The summed E-state index contributed by atoms with van der Waals surface area (Å²) in [6.45, 7) is 3.91. The minimum absolute atomic E-state index is 0.313. The molecule has 0 aliphatic rings. The Kier molecular flexibility index (Phi) is 5.92. The third-order valence-corrected chi connectivity index (χ3v) is 4.19. The molecule has 3 aromatic rings. The highest BCUT2D eigenvalue weighted by Gasteiger charge is 2.16. The van der Waals surface area contributed by atoms with Crippen LogP contribution in [-0.2, 0) is 17.9 Å². The fourth-order valence-electron chi connectivity index (χ4n) is 2.94. The van der Waals surface area contributed by atoms with Crippen molar-refractivity contribution in [1.29, 1.82) is 0 Å². The molecule has 5 heteroatoms. The number of hydrogen-bond acceptors (Lipinski definition) is 4. The van der Waals surface area contributed by atoms with Crippen LogP contribution in [0.2, 0.25) is 0 Å². The van der Waals surface area contributed by atoms with Crippen molar-refractivity contribution in [2.75, 3.05) is 13.2 Å². The van der Waals surface area contributed by atoms with Gasteiger partial charge in [0.25, 0.3) is 0 Å². The van der Waals surface area contributed by atoms with Crippen molar-refractivity contribution < 1.29 is 14.3 Å². The topological polar surface area (TPSA) is 66.5 Å². The van der Waals surface area contributed by atoms with Gasteiger partial charge in [0, 0.05) is 17.4 Å². The molecule has 0 aliphatic carbocycles. The van der Waals surface area contributed by atoms with Crippen molar-refractivity contribution in [2.24, 2.45) is 5.73 Å². The fraction of sp³-hybridized carbons (Fsp3) is 0.286. The molecule has 0 atom stereocenters. The summed E-state index contributed by atoms with van der Waals surface area (Å²) in [6.07, 6.45) is 0.794. The van der Waals surface area contributed by atoms with Crippen LogP contribution in [0.25, 0.3) is 10.9 Å². The Labute approximate surface area is 153 Å². The minimum atomic E-state index is -0.313. The Morgan fingerprint density at radius 2 is 1.92 bits per heavy atom. The second-order valence-corrected chi connectivity index (χ2v) is 6.04. The molecule has 0 bridgehead atoms. The average molecular weight is 352 g/mol. The summed E-state index contributed by atoms with van der Waals surface area (Å²) in [5.41, 5.74) is 8.29. The first-order chi connectivity index (χ1) is 12.7. The van der Waals surface area contributed by atoms with E-state index in [2.05, 4.69) is 0 Å². The lowest BCUT2D eigenvalue weighted by atomic mass is 10.2. The summed E-state index contributed by atoms with van der Waals surface area (Å²) in [6, 6.07) is 17.8. The number of fused-ring (bicyclic) bond motifs is 1. The summed E-state index contributed by atoms with van der Waals surface area (Å²) in [4.78, 5) is 12.3. The lowest BCUT2D eigenvalue weighted by Gasteiger charge is -2.10. The molecule has 0 saturated carbocycles. The Balaban J connectivity index is 1.87. The molecule has 0 unspecified atom stereocenters. The number of carbonyl (C=O) groups is 1. The SMILES string of the molecule is CCOC(=O)c1cc2cc(OCc3ccccc3)ccc2n1CCCN. The standard InChI is InChI=1S/C21H24N2O3/c1-2-25-21(24)20-14-17-13-18(26-15-16-7-4-3-5-8-16)9-10-19(17)23(20)12-6-11-22/h3-5,7-10,13-14H,2,6,11-12,15,22H2,1H3. The van der Waals surface area contributed by atoms with E-state index < -0.39 is 0 Å². The van der Waals surface area contributed by atoms with Crippen LogP contribution in [0, 0.1) is 0 Å². The number of carbonyl (C=O) groups excluding carboxylic acids is 1. The summed E-state index contributed by atoms with van der Waals surface area (Å²) < 4.78 is 13.1. The van der Waals surface area contributed by atoms with Crippen molar-refractivity contribution in [3.8, 4) is 5.75 Å². The first-order valence-corrected chi connectivity index (χ1v) is 8.90. The zero-order valence-electron chi connectivity index (χ0n) is 15.0. The lowest BCUT2D eigenvalue weighted by molar-refractivity contribution is 0.0514. The van der Waals surface area contributed by atoms with Gasteiger partial charge in [-0.3, -0.25) is 0 Å². The van der Waals surface area contributed by atoms with Gasteiger partial charge < -0.3 is 19.8 Å². The number of aryl methyl sites for hydroxylation is 1. The van der Waals surface area contributed by atoms with E-state index in [1.54, 1.807) is 6.92 Å². The molecule has 5 nitrogen and oxygen atoms in total. The van der Waals surface area contributed by atoms with Gasteiger partial charge >= 0.3 is 5.97 Å². The molecule has 0 saturated heterocycles. The number of hydrogen-bond donors (Lipinski definition) is 1. The summed E-state index contributed by atoms with van der Waals surface area (Å²) >= 11 is 0. The van der Waals surface area contributed by atoms with Crippen molar-refractivity contribution in [1.82, 2.24) is 4.57 Å². The third-order valence-electron chi connectivity index (χ3n) is 4.19. The van der Waals surface area contributed by atoms with Gasteiger partial charge in [-0.1, -0.05) is 30.3 Å².